The molecule has 12 heavy (non-hydrogen) atoms. The molecule has 1 N–H and O–H groups in total. The Labute approximate surface area is 71.4 Å². The normalized spacial score (nSPS) is 30.8. The summed E-state index contributed by atoms with van der Waals surface area (Å²) in [7, 11) is -3.44. The van der Waals surface area contributed by atoms with Crippen LogP contribution >= 0.6 is 0 Å². The quantitative estimate of drug-likeness (QED) is 0.593. The molecule has 1 saturated heterocycles. The third kappa shape index (κ3) is 2.71. The molecule has 0 aromatic heterocycles. The van der Waals surface area contributed by atoms with E-state index in [1.54, 1.807) is 0 Å². The molecule has 0 aromatic carbocycles. The first-order chi connectivity index (χ1) is 5.53. The summed E-state index contributed by atoms with van der Waals surface area (Å²) in [6.07, 6.45) is 0.475. The Morgan fingerprint density at radius 3 is 2.83 bits per heavy atom. The van der Waals surface area contributed by atoms with Crippen LogP contribution in [0, 0.1) is 0 Å². The Morgan fingerprint density at radius 2 is 2.33 bits per heavy atom. The van der Waals surface area contributed by atoms with Crippen molar-refractivity contribution in [2.45, 2.75) is 18.6 Å². The van der Waals surface area contributed by atoms with Gasteiger partial charge in [-0.3, -0.25) is 4.18 Å². The summed E-state index contributed by atoms with van der Waals surface area (Å²) in [5.41, 5.74) is 0. The molecule has 1 fully saturated rings. The molecule has 0 amide bonds. The second kappa shape index (κ2) is 3.69. The van der Waals surface area contributed by atoms with Crippen LogP contribution < -0.4 is 0 Å². The number of hydrogen-bond donors (Lipinski definition) is 1. The van der Waals surface area contributed by atoms with Gasteiger partial charge in [-0.05, 0) is 0 Å². The summed E-state index contributed by atoms with van der Waals surface area (Å²) >= 11 is 0. The van der Waals surface area contributed by atoms with E-state index in [1.807, 2.05) is 0 Å². The molecule has 0 saturated carbocycles. The molecule has 0 bridgehead atoms. The maximum Gasteiger partial charge on any atom is 0.264 e. The zero-order valence-electron chi connectivity index (χ0n) is 6.76. The van der Waals surface area contributed by atoms with Crippen LogP contribution in [0.5, 0.6) is 0 Å². The van der Waals surface area contributed by atoms with Gasteiger partial charge in [-0.15, -0.1) is 0 Å². The highest BCUT2D eigenvalue weighted by molar-refractivity contribution is 7.86. The maximum absolute atomic E-state index is 10.7. The summed E-state index contributed by atoms with van der Waals surface area (Å²) in [4.78, 5) is 0. The fraction of sp³-hybridized carbons (Fsp3) is 1.00. The third-order valence-corrected chi connectivity index (χ3v) is 2.22. The topological polar surface area (TPSA) is 72.8 Å². The van der Waals surface area contributed by atoms with E-state index in [4.69, 9.17) is 9.84 Å². The van der Waals surface area contributed by atoms with Crippen molar-refractivity contribution in [1.82, 2.24) is 0 Å². The lowest BCUT2D eigenvalue weighted by Gasteiger charge is -2.14. The van der Waals surface area contributed by atoms with Gasteiger partial charge in [0.05, 0.1) is 12.9 Å². The Kier molecular flexibility index (Phi) is 3.05. The Balaban J connectivity index is 2.52. The van der Waals surface area contributed by atoms with Gasteiger partial charge in [0, 0.05) is 13.0 Å². The van der Waals surface area contributed by atoms with Crippen molar-refractivity contribution >= 4 is 10.1 Å². The van der Waals surface area contributed by atoms with E-state index in [-0.39, 0.29) is 6.61 Å². The summed E-state index contributed by atoms with van der Waals surface area (Å²) in [5.74, 6) is 0. The van der Waals surface area contributed by atoms with Crippen LogP contribution in [0.25, 0.3) is 0 Å². The average molecular weight is 196 g/mol. The number of hydrogen-bond acceptors (Lipinski definition) is 5. The SMILES string of the molecule is CS(=O)(=O)OC1CCOC1CO. The molecule has 0 radical (unpaired) electrons. The molecule has 0 aliphatic carbocycles. The van der Waals surface area contributed by atoms with Crippen molar-refractivity contribution in [2.75, 3.05) is 19.5 Å². The molecule has 1 rings (SSSR count). The summed E-state index contributed by atoms with van der Waals surface area (Å²) in [5, 5.41) is 8.73. The van der Waals surface area contributed by atoms with Gasteiger partial charge in [0.1, 0.15) is 12.2 Å². The first kappa shape index (κ1) is 9.91. The van der Waals surface area contributed by atoms with Gasteiger partial charge < -0.3 is 9.84 Å². The van der Waals surface area contributed by atoms with Gasteiger partial charge in [-0.25, -0.2) is 0 Å². The first-order valence-electron chi connectivity index (χ1n) is 3.63. The summed E-state index contributed by atoms with van der Waals surface area (Å²) < 4.78 is 31.1. The van der Waals surface area contributed by atoms with Crippen LogP contribution in [0.1, 0.15) is 6.42 Å². The predicted octanol–water partition coefficient (Wildman–Crippen LogP) is -0.888. The zero-order chi connectivity index (χ0) is 9.19. The van der Waals surface area contributed by atoms with E-state index in [1.165, 1.54) is 0 Å². The molecular weight excluding hydrogens is 184 g/mol. The molecule has 2 atom stereocenters. The van der Waals surface area contributed by atoms with Crippen LogP contribution in [-0.2, 0) is 19.0 Å². The number of aliphatic hydroxyl groups is 1. The van der Waals surface area contributed by atoms with Crippen molar-refractivity contribution in [2.24, 2.45) is 0 Å². The van der Waals surface area contributed by atoms with Gasteiger partial charge in [-0.1, -0.05) is 0 Å². The Morgan fingerprint density at radius 1 is 1.67 bits per heavy atom. The maximum atomic E-state index is 10.7. The number of ether oxygens (including phenoxy) is 1. The number of aliphatic hydroxyl groups excluding tert-OH is 1. The third-order valence-electron chi connectivity index (χ3n) is 1.63. The standard InChI is InChI=1S/C6H12O5S/c1-12(8,9)11-5-2-3-10-6(5)4-7/h5-7H,2-4H2,1H3. The van der Waals surface area contributed by atoms with Crippen molar-refractivity contribution in [3.63, 3.8) is 0 Å². The second-order valence-electron chi connectivity index (χ2n) is 2.72. The molecule has 5 nitrogen and oxygen atoms in total. The lowest BCUT2D eigenvalue weighted by molar-refractivity contribution is 0.0151. The minimum absolute atomic E-state index is 0.208. The van der Waals surface area contributed by atoms with Gasteiger partial charge in [0.25, 0.3) is 10.1 Å². The largest absolute Gasteiger partial charge is 0.394 e. The highest BCUT2D eigenvalue weighted by Gasteiger charge is 2.31. The van der Waals surface area contributed by atoms with E-state index in [9.17, 15) is 8.42 Å². The van der Waals surface area contributed by atoms with Crippen LogP contribution in [-0.4, -0.2) is 45.2 Å². The van der Waals surface area contributed by atoms with Crippen molar-refractivity contribution in [3.05, 3.63) is 0 Å². The second-order valence-corrected chi connectivity index (χ2v) is 4.32. The van der Waals surface area contributed by atoms with Crippen LogP contribution in [0.4, 0.5) is 0 Å². The van der Waals surface area contributed by atoms with E-state index < -0.39 is 22.3 Å². The van der Waals surface area contributed by atoms with E-state index >= 15 is 0 Å². The molecule has 0 aromatic rings. The lowest BCUT2D eigenvalue weighted by Crippen LogP contribution is -2.29. The highest BCUT2D eigenvalue weighted by Crippen LogP contribution is 2.17. The Bertz CT molecular complexity index is 234. The molecule has 1 heterocycles. The molecule has 72 valence electrons. The van der Waals surface area contributed by atoms with Gasteiger partial charge >= 0.3 is 0 Å². The minimum Gasteiger partial charge on any atom is -0.394 e. The molecule has 1 aliphatic heterocycles. The van der Waals surface area contributed by atoms with Crippen LogP contribution in [0.2, 0.25) is 0 Å². The van der Waals surface area contributed by atoms with E-state index in [2.05, 4.69) is 4.18 Å². The fourth-order valence-corrected chi connectivity index (χ4v) is 1.80. The van der Waals surface area contributed by atoms with Gasteiger partial charge in [0.2, 0.25) is 0 Å². The van der Waals surface area contributed by atoms with Crippen molar-refractivity contribution < 1.29 is 22.4 Å². The van der Waals surface area contributed by atoms with Crippen molar-refractivity contribution in [1.29, 1.82) is 0 Å². The molecule has 0 spiro atoms. The molecule has 2 unspecified atom stereocenters. The van der Waals surface area contributed by atoms with Crippen molar-refractivity contribution in [3.8, 4) is 0 Å². The zero-order valence-corrected chi connectivity index (χ0v) is 7.58. The smallest absolute Gasteiger partial charge is 0.264 e. The molecular formula is C6H12O5S. The van der Waals surface area contributed by atoms with Gasteiger partial charge in [0.15, 0.2) is 0 Å². The van der Waals surface area contributed by atoms with Crippen LogP contribution in [0.3, 0.4) is 0 Å². The highest BCUT2D eigenvalue weighted by atomic mass is 32.2. The minimum atomic E-state index is -3.44. The van der Waals surface area contributed by atoms with E-state index in [0.29, 0.717) is 13.0 Å². The Hall–Kier alpha value is -0.170. The number of rotatable bonds is 3. The van der Waals surface area contributed by atoms with E-state index in [0.717, 1.165) is 6.26 Å². The molecule has 6 heteroatoms. The summed E-state index contributed by atoms with van der Waals surface area (Å²) in [6.45, 7) is 0.228. The fourth-order valence-electron chi connectivity index (χ4n) is 1.13. The summed E-state index contributed by atoms with van der Waals surface area (Å²) in [6, 6.07) is 0. The average Bonchev–Trinajstić information content (AvgIpc) is 2.31. The van der Waals surface area contributed by atoms with Crippen LogP contribution in [0.15, 0.2) is 0 Å². The lowest BCUT2D eigenvalue weighted by atomic mass is 10.2. The predicted molar refractivity (Wildman–Crippen MR) is 41.2 cm³/mol. The first-order valence-corrected chi connectivity index (χ1v) is 5.45. The van der Waals surface area contributed by atoms with Gasteiger partial charge in [-0.2, -0.15) is 8.42 Å². The monoisotopic (exact) mass is 196 g/mol. The molecule has 1 aliphatic rings.